The van der Waals surface area contributed by atoms with Gasteiger partial charge < -0.3 is 10.5 Å². The molecular formula is C10H12N4O. The van der Waals surface area contributed by atoms with Crippen LogP contribution in [-0.4, -0.2) is 27.8 Å². The van der Waals surface area contributed by atoms with E-state index in [2.05, 4.69) is 10.1 Å². The van der Waals surface area contributed by atoms with Crippen LogP contribution >= 0.6 is 0 Å². The standard InChI is InChI=1S/C10H12N4O/c11-8-4-12-10-3-9(13-14(10)5-8)7-1-2-15-6-7/h3-5,7H,1-2,6,11H2. The second-order valence-corrected chi connectivity index (χ2v) is 3.82. The summed E-state index contributed by atoms with van der Waals surface area (Å²) in [5.74, 6) is 0.410. The minimum absolute atomic E-state index is 0.410. The number of fused-ring (bicyclic) bond motifs is 1. The molecule has 15 heavy (non-hydrogen) atoms. The van der Waals surface area contributed by atoms with Crippen LogP contribution in [0.2, 0.25) is 0 Å². The highest BCUT2D eigenvalue weighted by Gasteiger charge is 2.20. The predicted octanol–water partition coefficient (Wildman–Crippen LogP) is 0.815. The van der Waals surface area contributed by atoms with E-state index in [9.17, 15) is 0 Å². The molecule has 0 spiro atoms. The largest absolute Gasteiger partial charge is 0.396 e. The van der Waals surface area contributed by atoms with Crippen molar-refractivity contribution in [1.82, 2.24) is 14.6 Å². The van der Waals surface area contributed by atoms with E-state index in [1.165, 1.54) is 0 Å². The van der Waals surface area contributed by atoms with Crippen LogP contribution in [0.3, 0.4) is 0 Å². The van der Waals surface area contributed by atoms with E-state index in [1.54, 1.807) is 16.9 Å². The van der Waals surface area contributed by atoms with Gasteiger partial charge >= 0.3 is 0 Å². The number of hydrogen-bond donors (Lipinski definition) is 1. The van der Waals surface area contributed by atoms with Crippen LogP contribution in [0, 0.1) is 0 Å². The summed E-state index contributed by atoms with van der Waals surface area (Å²) in [4.78, 5) is 4.21. The number of anilines is 1. The number of aromatic nitrogens is 3. The Hall–Kier alpha value is -1.62. The molecule has 0 saturated carbocycles. The number of nitrogens with zero attached hydrogens (tertiary/aromatic N) is 3. The summed E-state index contributed by atoms with van der Waals surface area (Å²) in [5.41, 5.74) is 8.15. The summed E-state index contributed by atoms with van der Waals surface area (Å²) < 4.78 is 7.06. The van der Waals surface area contributed by atoms with Gasteiger partial charge in [-0.1, -0.05) is 0 Å². The zero-order valence-corrected chi connectivity index (χ0v) is 8.26. The SMILES string of the molecule is Nc1cnc2cc(C3CCOC3)nn2c1. The Balaban J connectivity index is 2.05. The number of ether oxygens (including phenoxy) is 1. The number of rotatable bonds is 1. The minimum atomic E-state index is 0.410. The van der Waals surface area contributed by atoms with Crippen molar-refractivity contribution in [2.75, 3.05) is 18.9 Å². The first kappa shape index (κ1) is 8.67. The minimum Gasteiger partial charge on any atom is -0.396 e. The highest BCUT2D eigenvalue weighted by Crippen LogP contribution is 2.24. The van der Waals surface area contributed by atoms with Crippen molar-refractivity contribution in [1.29, 1.82) is 0 Å². The Morgan fingerprint density at radius 2 is 2.47 bits per heavy atom. The van der Waals surface area contributed by atoms with Gasteiger partial charge in [-0.25, -0.2) is 9.50 Å². The fourth-order valence-electron chi connectivity index (χ4n) is 1.88. The molecule has 1 aliphatic heterocycles. The summed E-state index contributed by atoms with van der Waals surface area (Å²) in [6, 6.07) is 2.00. The topological polar surface area (TPSA) is 65.4 Å². The van der Waals surface area contributed by atoms with Crippen molar-refractivity contribution < 1.29 is 4.74 Å². The zero-order chi connectivity index (χ0) is 10.3. The molecule has 0 aromatic carbocycles. The van der Waals surface area contributed by atoms with Crippen LogP contribution in [0.5, 0.6) is 0 Å². The Morgan fingerprint density at radius 1 is 1.53 bits per heavy atom. The zero-order valence-electron chi connectivity index (χ0n) is 8.26. The molecule has 2 aromatic heterocycles. The molecule has 0 aliphatic carbocycles. The fraction of sp³-hybridized carbons (Fsp3) is 0.400. The van der Waals surface area contributed by atoms with Crippen molar-refractivity contribution in [3.05, 3.63) is 24.2 Å². The summed E-state index contributed by atoms with van der Waals surface area (Å²) in [7, 11) is 0. The average molecular weight is 204 g/mol. The van der Waals surface area contributed by atoms with Crippen molar-refractivity contribution in [2.24, 2.45) is 0 Å². The molecule has 0 bridgehead atoms. The molecule has 1 atom stereocenters. The van der Waals surface area contributed by atoms with Crippen LogP contribution in [0.4, 0.5) is 5.69 Å². The number of nitrogens with two attached hydrogens (primary N) is 1. The Bertz CT molecular complexity index is 487. The second-order valence-electron chi connectivity index (χ2n) is 3.82. The smallest absolute Gasteiger partial charge is 0.155 e. The van der Waals surface area contributed by atoms with Gasteiger partial charge in [-0.15, -0.1) is 0 Å². The third-order valence-corrected chi connectivity index (χ3v) is 2.70. The van der Waals surface area contributed by atoms with E-state index in [-0.39, 0.29) is 0 Å². The van der Waals surface area contributed by atoms with Crippen LogP contribution in [-0.2, 0) is 4.74 Å². The lowest BCUT2D eigenvalue weighted by Crippen LogP contribution is -1.99. The lowest BCUT2D eigenvalue weighted by atomic mass is 10.1. The van der Waals surface area contributed by atoms with Gasteiger partial charge in [0.05, 0.1) is 30.4 Å². The van der Waals surface area contributed by atoms with Gasteiger partial charge in [0.15, 0.2) is 5.65 Å². The first-order valence-electron chi connectivity index (χ1n) is 5.01. The molecule has 1 aliphatic rings. The highest BCUT2D eigenvalue weighted by atomic mass is 16.5. The molecule has 3 heterocycles. The number of hydrogen-bond acceptors (Lipinski definition) is 4. The second kappa shape index (κ2) is 3.20. The monoisotopic (exact) mass is 204 g/mol. The van der Waals surface area contributed by atoms with Gasteiger partial charge in [0.25, 0.3) is 0 Å². The molecule has 5 nitrogen and oxygen atoms in total. The first-order valence-corrected chi connectivity index (χ1v) is 5.01. The van der Waals surface area contributed by atoms with Crippen molar-refractivity contribution in [2.45, 2.75) is 12.3 Å². The van der Waals surface area contributed by atoms with Gasteiger partial charge in [0.2, 0.25) is 0 Å². The predicted molar refractivity (Wildman–Crippen MR) is 55.6 cm³/mol. The van der Waals surface area contributed by atoms with Gasteiger partial charge in [-0.3, -0.25) is 0 Å². The lowest BCUT2D eigenvalue weighted by Gasteiger charge is -2.00. The van der Waals surface area contributed by atoms with Gasteiger partial charge in [0.1, 0.15) is 0 Å². The van der Waals surface area contributed by atoms with E-state index >= 15 is 0 Å². The third kappa shape index (κ3) is 1.45. The molecule has 1 saturated heterocycles. The maximum absolute atomic E-state index is 5.64. The molecular weight excluding hydrogens is 192 g/mol. The molecule has 1 unspecified atom stereocenters. The first-order chi connectivity index (χ1) is 7.33. The van der Waals surface area contributed by atoms with E-state index < -0.39 is 0 Å². The summed E-state index contributed by atoms with van der Waals surface area (Å²) in [6.45, 7) is 1.59. The summed E-state index contributed by atoms with van der Waals surface area (Å²) in [6.07, 6.45) is 4.47. The maximum atomic E-state index is 5.64. The lowest BCUT2D eigenvalue weighted by molar-refractivity contribution is 0.193. The Labute approximate surface area is 86.9 Å². The van der Waals surface area contributed by atoms with E-state index in [0.29, 0.717) is 11.6 Å². The van der Waals surface area contributed by atoms with Gasteiger partial charge in [0, 0.05) is 18.6 Å². The van der Waals surface area contributed by atoms with Gasteiger partial charge in [-0.2, -0.15) is 5.10 Å². The van der Waals surface area contributed by atoms with Crippen molar-refractivity contribution >= 4 is 11.3 Å². The Morgan fingerprint density at radius 3 is 3.27 bits per heavy atom. The summed E-state index contributed by atoms with van der Waals surface area (Å²) >= 11 is 0. The molecule has 1 fully saturated rings. The van der Waals surface area contributed by atoms with Crippen LogP contribution in [0.25, 0.3) is 5.65 Å². The molecule has 2 N–H and O–H groups in total. The molecule has 0 radical (unpaired) electrons. The van der Waals surface area contributed by atoms with Crippen LogP contribution in [0.15, 0.2) is 18.5 Å². The quantitative estimate of drug-likeness (QED) is 0.746. The molecule has 3 rings (SSSR count). The van der Waals surface area contributed by atoms with Crippen molar-refractivity contribution in [3.8, 4) is 0 Å². The Kier molecular flexibility index (Phi) is 1.85. The molecule has 0 amide bonds. The number of nitrogen functional groups attached to an aromatic ring is 1. The molecule has 5 heteroatoms. The average Bonchev–Trinajstić information content (AvgIpc) is 2.84. The normalized spacial score (nSPS) is 21.2. The van der Waals surface area contributed by atoms with E-state index in [4.69, 9.17) is 10.5 Å². The van der Waals surface area contributed by atoms with Crippen LogP contribution < -0.4 is 5.73 Å². The van der Waals surface area contributed by atoms with E-state index in [0.717, 1.165) is 31.0 Å². The van der Waals surface area contributed by atoms with E-state index in [1.807, 2.05) is 6.07 Å². The third-order valence-electron chi connectivity index (χ3n) is 2.70. The maximum Gasteiger partial charge on any atom is 0.155 e. The van der Waals surface area contributed by atoms with Crippen LogP contribution in [0.1, 0.15) is 18.0 Å². The molecule has 78 valence electrons. The molecule has 2 aromatic rings. The highest BCUT2D eigenvalue weighted by molar-refractivity contribution is 5.45. The van der Waals surface area contributed by atoms with Crippen molar-refractivity contribution in [3.63, 3.8) is 0 Å². The van der Waals surface area contributed by atoms with Gasteiger partial charge in [-0.05, 0) is 6.42 Å². The summed E-state index contributed by atoms with van der Waals surface area (Å²) in [5, 5.41) is 4.45. The fourth-order valence-corrected chi connectivity index (χ4v) is 1.88.